The minimum Gasteiger partial charge on any atom is -0.497 e. The van der Waals surface area contributed by atoms with E-state index in [1.165, 1.54) is 5.56 Å². The Balaban J connectivity index is 1.45. The average Bonchev–Trinajstić information content (AvgIpc) is 3.19. The molecule has 1 heterocycles. The molecule has 1 aliphatic carbocycles. The summed E-state index contributed by atoms with van der Waals surface area (Å²) >= 11 is 13.8. The van der Waals surface area contributed by atoms with E-state index in [4.69, 9.17) is 27.9 Å². The molecule has 0 atom stereocenters. The van der Waals surface area contributed by atoms with E-state index in [-0.39, 0.29) is 5.69 Å². The molecule has 168 valence electrons. The molecule has 1 aromatic heterocycles. The van der Waals surface area contributed by atoms with Gasteiger partial charge in [-0.1, -0.05) is 46.6 Å². The Labute approximate surface area is 200 Å². The van der Waals surface area contributed by atoms with Crippen LogP contribution in [0.5, 0.6) is 5.75 Å². The van der Waals surface area contributed by atoms with Crippen molar-refractivity contribution in [3.63, 3.8) is 0 Å². The topological polar surface area (TPSA) is 77.2 Å². The van der Waals surface area contributed by atoms with Crippen LogP contribution < -0.4 is 4.74 Å². The normalized spacial score (nSPS) is 18.5. The predicted octanol–water partition coefficient (Wildman–Crippen LogP) is 6.16. The second-order valence-corrected chi connectivity index (χ2v) is 9.92. The van der Waals surface area contributed by atoms with E-state index in [1.807, 2.05) is 42.5 Å². The molecule has 4 rings (SSSR count). The van der Waals surface area contributed by atoms with E-state index in [9.17, 15) is 9.90 Å². The van der Waals surface area contributed by atoms with Crippen molar-refractivity contribution in [2.24, 2.45) is 0 Å². The van der Waals surface area contributed by atoms with Crippen molar-refractivity contribution in [1.29, 1.82) is 0 Å². The molecule has 0 unspecified atom stereocenters. The lowest BCUT2D eigenvalue weighted by Gasteiger charge is -2.28. The number of carbonyl (C=O) groups is 1. The first-order chi connectivity index (χ1) is 15.4. The maximum absolute atomic E-state index is 11.7. The molecule has 2 aromatic carbocycles. The quantitative estimate of drug-likeness (QED) is 0.426. The maximum atomic E-state index is 11.7. The Morgan fingerprint density at radius 3 is 2.47 bits per heavy atom. The lowest BCUT2D eigenvalue weighted by Crippen LogP contribution is -2.16. The zero-order chi connectivity index (χ0) is 22.7. The summed E-state index contributed by atoms with van der Waals surface area (Å²) in [5, 5.41) is 19.7. The molecule has 0 amide bonds. The molecule has 1 aliphatic rings. The Morgan fingerprint density at radius 1 is 1.12 bits per heavy atom. The number of halogens is 2. The van der Waals surface area contributed by atoms with E-state index < -0.39 is 5.97 Å². The van der Waals surface area contributed by atoms with Crippen LogP contribution in [0.3, 0.4) is 0 Å². The van der Waals surface area contributed by atoms with Crippen molar-refractivity contribution in [2.45, 2.75) is 48.4 Å². The van der Waals surface area contributed by atoms with Crippen molar-refractivity contribution in [2.75, 3.05) is 7.11 Å². The molecular weight excluding hydrogens is 469 g/mol. The van der Waals surface area contributed by atoms with Crippen molar-refractivity contribution in [3.8, 4) is 5.75 Å². The Kier molecular flexibility index (Phi) is 7.28. The highest BCUT2D eigenvalue weighted by atomic mass is 35.5. The summed E-state index contributed by atoms with van der Waals surface area (Å²) in [6.45, 7) is 0.450. The van der Waals surface area contributed by atoms with E-state index in [2.05, 4.69) is 10.3 Å². The summed E-state index contributed by atoms with van der Waals surface area (Å²) in [5.41, 5.74) is 2.22. The third-order valence-electron chi connectivity index (χ3n) is 5.75. The van der Waals surface area contributed by atoms with Crippen molar-refractivity contribution < 1.29 is 14.6 Å². The highest BCUT2D eigenvalue weighted by Gasteiger charge is 2.28. The molecular formula is C23H23Cl2N3O3S. The third kappa shape index (κ3) is 5.22. The molecule has 0 radical (unpaired) electrons. The third-order valence-corrected chi connectivity index (χ3v) is 7.92. The van der Waals surface area contributed by atoms with Crippen LogP contribution in [0.4, 0.5) is 0 Å². The van der Waals surface area contributed by atoms with Crippen molar-refractivity contribution in [3.05, 3.63) is 69.3 Å². The molecule has 0 aliphatic heterocycles. The molecule has 0 spiro atoms. The summed E-state index contributed by atoms with van der Waals surface area (Å²) in [4.78, 5) is 11.7. The fourth-order valence-electron chi connectivity index (χ4n) is 4.00. The molecule has 6 nitrogen and oxygen atoms in total. The number of benzene rings is 2. The standard InChI is InChI=1S/C23H23Cl2N3O3S/c1-31-17-7-2-14(3-8-17)13-28-22(21(23(29)30)26-27-28)32-18-9-4-15(5-10-18)16-6-11-19(24)20(25)12-16/h2-3,6-8,11-12,15,18H,4-5,9-10,13H2,1H3,(H,29,30)/t15-,18+. The second-order valence-electron chi connectivity index (χ2n) is 7.82. The van der Waals surface area contributed by atoms with Gasteiger partial charge in [0.05, 0.1) is 23.7 Å². The van der Waals surface area contributed by atoms with Gasteiger partial charge in [0.15, 0.2) is 0 Å². The number of ether oxygens (including phenoxy) is 1. The first-order valence-corrected chi connectivity index (χ1v) is 12.0. The number of thioether (sulfide) groups is 1. The van der Waals surface area contributed by atoms with Crippen LogP contribution >= 0.6 is 35.0 Å². The average molecular weight is 492 g/mol. The minimum atomic E-state index is -1.06. The molecule has 9 heteroatoms. The Morgan fingerprint density at radius 2 is 1.84 bits per heavy atom. The van der Waals surface area contributed by atoms with Crippen LogP contribution in [-0.4, -0.2) is 38.4 Å². The summed E-state index contributed by atoms with van der Waals surface area (Å²) in [7, 11) is 1.62. The summed E-state index contributed by atoms with van der Waals surface area (Å²) in [6, 6.07) is 13.5. The van der Waals surface area contributed by atoms with Gasteiger partial charge < -0.3 is 9.84 Å². The van der Waals surface area contributed by atoms with Crippen LogP contribution in [-0.2, 0) is 6.54 Å². The van der Waals surface area contributed by atoms with Gasteiger partial charge in [-0.15, -0.1) is 16.9 Å². The molecule has 1 fully saturated rings. The monoisotopic (exact) mass is 491 g/mol. The largest absolute Gasteiger partial charge is 0.497 e. The number of aromatic carboxylic acids is 1. The van der Waals surface area contributed by atoms with E-state index in [1.54, 1.807) is 23.6 Å². The second kappa shape index (κ2) is 10.1. The number of carboxylic acids is 1. The number of nitrogens with zero attached hydrogens (tertiary/aromatic N) is 3. The number of aromatic nitrogens is 3. The zero-order valence-electron chi connectivity index (χ0n) is 17.5. The maximum Gasteiger partial charge on any atom is 0.359 e. The summed E-state index contributed by atoms with van der Waals surface area (Å²) in [5.74, 6) is 0.146. The lowest BCUT2D eigenvalue weighted by molar-refractivity contribution is 0.0686. The van der Waals surface area contributed by atoms with Gasteiger partial charge in [0, 0.05) is 5.25 Å². The molecule has 32 heavy (non-hydrogen) atoms. The fraction of sp³-hybridized carbons (Fsp3) is 0.348. The lowest BCUT2D eigenvalue weighted by atomic mass is 9.84. The van der Waals surface area contributed by atoms with Crippen LogP contribution in [0, 0.1) is 0 Å². The first-order valence-electron chi connectivity index (χ1n) is 10.4. The fourth-order valence-corrected chi connectivity index (χ4v) is 5.59. The predicted molar refractivity (Wildman–Crippen MR) is 126 cm³/mol. The highest BCUT2D eigenvalue weighted by Crippen LogP contribution is 2.41. The van der Waals surface area contributed by atoms with E-state index >= 15 is 0 Å². The number of rotatable bonds is 7. The summed E-state index contributed by atoms with van der Waals surface area (Å²) < 4.78 is 6.88. The Hall–Kier alpha value is -2.22. The van der Waals surface area contributed by atoms with Gasteiger partial charge in [0.2, 0.25) is 5.69 Å². The first kappa shape index (κ1) is 23.0. The number of hydrogen-bond acceptors (Lipinski definition) is 5. The smallest absolute Gasteiger partial charge is 0.359 e. The van der Waals surface area contributed by atoms with Gasteiger partial charge in [-0.25, -0.2) is 9.48 Å². The molecule has 3 aromatic rings. The minimum absolute atomic E-state index is 0.00937. The number of methoxy groups -OCH3 is 1. The molecule has 0 saturated heterocycles. The van der Waals surface area contributed by atoms with Gasteiger partial charge in [-0.05, 0) is 67.0 Å². The van der Waals surface area contributed by atoms with Gasteiger partial charge in [-0.3, -0.25) is 0 Å². The molecule has 1 N–H and O–H groups in total. The van der Waals surface area contributed by atoms with Crippen molar-refractivity contribution in [1.82, 2.24) is 15.0 Å². The van der Waals surface area contributed by atoms with Gasteiger partial charge >= 0.3 is 5.97 Å². The van der Waals surface area contributed by atoms with Crippen molar-refractivity contribution >= 4 is 40.9 Å². The van der Waals surface area contributed by atoms with E-state index in [0.717, 1.165) is 37.0 Å². The molecule has 0 bridgehead atoms. The van der Waals surface area contributed by atoms with Gasteiger partial charge in [0.25, 0.3) is 0 Å². The van der Waals surface area contributed by atoms with Crippen LogP contribution in [0.1, 0.15) is 53.2 Å². The number of carboxylic acid groups (broad SMARTS) is 1. The van der Waals surface area contributed by atoms with Crippen LogP contribution in [0.15, 0.2) is 47.5 Å². The van der Waals surface area contributed by atoms with Gasteiger partial charge in [-0.2, -0.15) is 0 Å². The molecule has 1 saturated carbocycles. The summed E-state index contributed by atoms with van der Waals surface area (Å²) in [6.07, 6.45) is 3.97. The number of hydrogen-bond donors (Lipinski definition) is 1. The Bertz CT molecular complexity index is 1100. The SMILES string of the molecule is COc1ccc(Cn2nnc(C(=O)O)c2S[C@H]2CC[C@@H](c3ccc(Cl)c(Cl)c3)CC2)cc1. The van der Waals surface area contributed by atoms with Crippen LogP contribution in [0.25, 0.3) is 0 Å². The highest BCUT2D eigenvalue weighted by molar-refractivity contribution is 7.99. The zero-order valence-corrected chi connectivity index (χ0v) is 19.8. The van der Waals surface area contributed by atoms with Crippen LogP contribution in [0.2, 0.25) is 10.0 Å². The van der Waals surface area contributed by atoms with Gasteiger partial charge in [0.1, 0.15) is 10.8 Å². The van der Waals surface area contributed by atoms with E-state index in [0.29, 0.717) is 32.8 Å².